The molecule has 5 heteroatoms. The molecule has 0 saturated carbocycles. The van der Waals surface area contributed by atoms with Crippen molar-refractivity contribution in [3.63, 3.8) is 0 Å². The highest BCUT2D eigenvalue weighted by Gasteiger charge is 2.37. The molecule has 0 saturated heterocycles. The van der Waals surface area contributed by atoms with Crippen molar-refractivity contribution in [3.8, 4) is 5.75 Å². The quantitative estimate of drug-likeness (QED) is 0.771. The lowest BCUT2D eigenvalue weighted by molar-refractivity contribution is 0.403. The predicted octanol–water partition coefficient (Wildman–Crippen LogP) is 2.23. The lowest BCUT2D eigenvalue weighted by atomic mass is 9.86. The van der Waals surface area contributed by atoms with E-state index in [2.05, 4.69) is 4.40 Å². The summed E-state index contributed by atoms with van der Waals surface area (Å²) >= 11 is 0. The first kappa shape index (κ1) is 12.1. The van der Waals surface area contributed by atoms with E-state index in [4.69, 9.17) is 4.74 Å². The van der Waals surface area contributed by atoms with Crippen molar-refractivity contribution < 1.29 is 13.2 Å². The van der Waals surface area contributed by atoms with Crippen molar-refractivity contribution >= 4 is 15.7 Å². The fraction of sp³-hybridized carbons (Fsp3) is 0.417. The summed E-state index contributed by atoms with van der Waals surface area (Å²) in [5.41, 5.74) is 0.924. The Labute approximate surface area is 101 Å². The average molecular weight is 253 g/mol. The monoisotopic (exact) mass is 253 g/mol. The Morgan fingerprint density at radius 2 is 1.88 bits per heavy atom. The van der Waals surface area contributed by atoms with Crippen molar-refractivity contribution in [2.24, 2.45) is 9.81 Å². The molecule has 1 heterocycles. The molecule has 0 atom stereocenters. The van der Waals surface area contributed by atoms with Crippen molar-refractivity contribution in [3.05, 3.63) is 23.8 Å². The smallest absolute Gasteiger partial charge is 0.286 e. The van der Waals surface area contributed by atoms with E-state index in [0.717, 1.165) is 0 Å². The van der Waals surface area contributed by atoms with Gasteiger partial charge < -0.3 is 4.74 Å². The van der Waals surface area contributed by atoms with Crippen LogP contribution in [0.5, 0.6) is 5.75 Å². The maximum Gasteiger partial charge on any atom is 0.286 e. The highest BCUT2D eigenvalue weighted by molar-refractivity contribution is 7.91. The van der Waals surface area contributed by atoms with Crippen LogP contribution in [0.3, 0.4) is 0 Å². The van der Waals surface area contributed by atoms with Crippen LogP contribution in [0, 0.1) is 5.41 Å². The molecule has 1 aromatic carbocycles. The maximum atomic E-state index is 12.0. The van der Waals surface area contributed by atoms with Gasteiger partial charge >= 0.3 is 0 Å². The minimum atomic E-state index is -3.62. The molecule has 4 nitrogen and oxygen atoms in total. The van der Waals surface area contributed by atoms with E-state index in [9.17, 15) is 8.42 Å². The molecule has 2 rings (SSSR count). The Morgan fingerprint density at radius 1 is 1.24 bits per heavy atom. The second-order valence-corrected chi connectivity index (χ2v) is 6.54. The number of hydrogen-bond donors (Lipinski definition) is 0. The van der Waals surface area contributed by atoms with Crippen molar-refractivity contribution in [2.45, 2.75) is 25.7 Å². The van der Waals surface area contributed by atoms with Crippen LogP contribution in [0.1, 0.15) is 26.3 Å². The Kier molecular flexibility index (Phi) is 2.54. The van der Waals surface area contributed by atoms with Gasteiger partial charge in [0, 0.05) is 11.0 Å². The Morgan fingerprint density at radius 3 is 2.41 bits per heavy atom. The third-order valence-electron chi connectivity index (χ3n) is 2.63. The maximum absolute atomic E-state index is 12.0. The van der Waals surface area contributed by atoms with Crippen molar-refractivity contribution in [2.75, 3.05) is 7.11 Å². The van der Waals surface area contributed by atoms with Gasteiger partial charge in [-0.2, -0.15) is 12.8 Å². The zero-order valence-electron chi connectivity index (χ0n) is 10.3. The number of sulfonamides is 1. The molecule has 92 valence electrons. The summed E-state index contributed by atoms with van der Waals surface area (Å²) in [5, 5.41) is 0. The molecule has 17 heavy (non-hydrogen) atoms. The van der Waals surface area contributed by atoms with Crippen LogP contribution in [0.15, 0.2) is 27.5 Å². The molecule has 0 radical (unpaired) electrons. The van der Waals surface area contributed by atoms with E-state index in [-0.39, 0.29) is 10.3 Å². The molecule has 0 spiro atoms. The van der Waals surface area contributed by atoms with Gasteiger partial charge in [0.2, 0.25) is 0 Å². The molecule has 1 aromatic rings. The first-order chi connectivity index (χ1) is 7.77. The van der Waals surface area contributed by atoms with E-state index < -0.39 is 10.0 Å². The number of hydrogen-bond acceptors (Lipinski definition) is 3. The summed E-state index contributed by atoms with van der Waals surface area (Å²) in [6.07, 6.45) is 0. The van der Waals surface area contributed by atoms with Crippen molar-refractivity contribution in [1.82, 2.24) is 0 Å². The minimum absolute atomic E-state index is 0.187. The molecular formula is C12H15NO3S. The van der Waals surface area contributed by atoms with Gasteiger partial charge in [0.15, 0.2) is 0 Å². The van der Waals surface area contributed by atoms with Crippen LogP contribution in [-0.4, -0.2) is 21.2 Å². The Balaban J connectivity index is 2.78. The zero-order valence-corrected chi connectivity index (χ0v) is 11.1. The first-order valence-corrected chi connectivity index (χ1v) is 6.74. The average Bonchev–Trinajstić information content (AvgIpc) is 2.51. The number of rotatable bonds is 1. The van der Waals surface area contributed by atoms with Crippen LogP contribution < -0.4 is 4.74 Å². The molecule has 0 N–H and O–H groups in total. The fourth-order valence-corrected chi connectivity index (χ4v) is 3.44. The van der Waals surface area contributed by atoms with Crippen LogP contribution in [0.2, 0.25) is 0 Å². The minimum Gasteiger partial charge on any atom is -0.495 e. The van der Waals surface area contributed by atoms with Crippen LogP contribution >= 0.6 is 0 Å². The molecule has 0 aromatic heterocycles. The van der Waals surface area contributed by atoms with Crippen LogP contribution in [-0.2, 0) is 10.0 Å². The van der Waals surface area contributed by atoms with Gasteiger partial charge in [-0.3, -0.25) is 0 Å². The zero-order chi connectivity index (χ0) is 12.8. The lowest BCUT2D eigenvalue weighted by Gasteiger charge is -2.18. The number of methoxy groups -OCH3 is 1. The normalized spacial score (nSPS) is 17.5. The SMILES string of the molecule is COc1cccc2c1S(=O)(=O)N=C2C(C)(C)C. The van der Waals surface area contributed by atoms with Crippen LogP contribution in [0.25, 0.3) is 0 Å². The van der Waals surface area contributed by atoms with Gasteiger partial charge in [-0.1, -0.05) is 32.9 Å². The van der Waals surface area contributed by atoms with E-state index in [1.165, 1.54) is 7.11 Å². The van der Waals surface area contributed by atoms with Gasteiger partial charge in [-0.15, -0.1) is 0 Å². The topological polar surface area (TPSA) is 55.7 Å². The summed E-state index contributed by atoms with van der Waals surface area (Å²) in [5.74, 6) is 0.352. The van der Waals surface area contributed by atoms with E-state index in [1.807, 2.05) is 20.8 Å². The summed E-state index contributed by atoms with van der Waals surface area (Å²) in [7, 11) is -2.16. The first-order valence-electron chi connectivity index (χ1n) is 5.30. The molecular weight excluding hydrogens is 238 g/mol. The summed E-state index contributed by atoms with van der Waals surface area (Å²) in [4.78, 5) is 0.187. The summed E-state index contributed by atoms with van der Waals surface area (Å²) in [6.45, 7) is 5.82. The molecule has 1 aliphatic heterocycles. The molecule has 1 aliphatic rings. The third-order valence-corrected chi connectivity index (χ3v) is 3.99. The third kappa shape index (κ3) is 1.84. The predicted molar refractivity (Wildman–Crippen MR) is 66.2 cm³/mol. The molecule has 0 bridgehead atoms. The fourth-order valence-electron chi connectivity index (χ4n) is 1.89. The Hall–Kier alpha value is -1.36. The molecule has 0 aliphatic carbocycles. The summed E-state index contributed by atoms with van der Waals surface area (Å²) < 4.78 is 33.0. The molecule has 0 amide bonds. The van der Waals surface area contributed by atoms with Gasteiger partial charge in [0.05, 0.1) is 12.8 Å². The largest absolute Gasteiger partial charge is 0.495 e. The Bertz CT molecular complexity index is 595. The number of nitrogens with zero attached hydrogens (tertiary/aromatic N) is 1. The number of benzene rings is 1. The van der Waals surface area contributed by atoms with Gasteiger partial charge in [-0.05, 0) is 6.07 Å². The number of ether oxygens (including phenoxy) is 1. The van der Waals surface area contributed by atoms with E-state index >= 15 is 0 Å². The molecule has 0 unspecified atom stereocenters. The van der Waals surface area contributed by atoms with Gasteiger partial charge in [0.1, 0.15) is 10.6 Å². The van der Waals surface area contributed by atoms with Gasteiger partial charge in [0.25, 0.3) is 10.0 Å². The molecule has 0 fully saturated rings. The highest BCUT2D eigenvalue weighted by Crippen LogP contribution is 2.38. The second kappa shape index (κ2) is 3.57. The summed E-state index contributed by atoms with van der Waals surface area (Å²) in [6, 6.07) is 5.18. The van der Waals surface area contributed by atoms with Gasteiger partial charge in [-0.25, -0.2) is 0 Å². The lowest BCUT2D eigenvalue weighted by Crippen LogP contribution is -2.19. The van der Waals surface area contributed by atoms with Crippen molar-refractivity contribution in [1.29, 1.82) is 0 Å². The second-order valence-electron chi connectivity index (χ2n) is 5.00. The van der Waals surface area contributed by atoms with E-state index in [0.29, 0.717) is 17.0 Å². The highest BCUT2D eigenvalue weighted by atomic mass is 32.2. The standard InChI is InChI=1S/C12H15NO3S/c1-12(2,3)11-8-6-5-7-9(16-4)10(8)17(14,15)13-11/h5-7H,1-4H3. The number of fused-ring (bicyclic) bond motifs is 1. The van der Waals surface area contributed by atoms with Crippen LogP contribution in [0.4, 0.5) is 0 Å². The van der Waals surface area contributed by atoms with E-state index in [1.54, 1.807) is 18.2 Å².